The van der Waals surface area contributed by atoms with E-state index in [-0.39, 0.29) is 24.6 Å². The minimum Gasteiger partial charge on any atom is -0.468 e. The number of halogens is 1. The van der Waals surface area contributed by atoms with Gasteiger partial charge in [0.15, 0.2) is 0 Å². The van der Waals surface area contributed by atoms with E-state index in [0.717, 1.165) is 5.56 Å². The average Bonchev–Trinajstić information content (AvgIpc) is 3.27. The average molecular weight is 467 g/mol. The molecule has 2 aromatic rings. The third kappa shape index (κ3) is 3.96. The van der Waals surface area contributed by atoms with Crippen molar-refractivity contribution in [2.24, 2.45) is 11.8 Å². The van der Waals surface area contributed by atoms with Crippen LogP contribution in [0.5, 0.6) is 0 Å². The Hall–Kier alpha value is -3.59. The minimum atomic E-state index is -1.43. The summed E-state index contributed by atoms with van der Waals surface area (Å²) in [4.78, 5) is 55.0. The van der Waals surface area contributed by atoms with E-state index in [1.165, 1.54) is 41.2 Å². The lowest BCUT2D eigenvalue weighted by Gasteiger charge is -2.30. The second-order valence-electron chi connectivity index (χ2n) is 8.89. The van der Waals surface area contributed by atoms with Gasteiger partial charge in [0, 0.05) is 25.2 Å². The number of hydrogen-bond acceptors (Lipinski definition) is 6. The summed E-state index contributed by atoms with van der Waals surface area (Å²) in [6.07, 6.45) is 0. The van der Waals surface area contributed by atoms with Gasteiger partial charge in [0.2, 0.25) is 11.8 Å². The van der Waals surface area contributed by atoms with Crippen LogP contribution in [0, 0.1) is 17.7 Å². The third-order valence-electron chi connectivity index (χ3n) is 6.68. The Morgan fingerprint density at radius 2 is 1.74 bits per heavy atom. The number of carbonyl (C=O) groups is 4. The van der Waals surface area contributed by atoms with E-state index < -0.39 is 47.0 Å². The lowest BCUT2D eigenvalue weighted by atomic mass is 9.81. The van der Waals surface area contributed by atoms with Crippen LogP contribution in [0.4, 0.5) is 4.39 Å². The Bertz CT molecular complexity index is 1120. The van der Waals surface area contributed by atoms with Gasteiger partial charge < -0.3 is 9.64 Å². The number of likely N-dealkylation sites (N-methyl/N-ethyl adjacent to an activating group) is 1. The molecule has 4 atom stereocenters. The van der Waals surface area contributed by atoms with Crippen LogP contribution >= 0.6 is 0 Å². The zero-order chi connectivity index (χ0) is 24.6. The van der Waals surface area contributed by atoms with Gasteiger partial charge in [-0.05, 0) is 36.8 Å². The van der Waals surface area contributed by atoms with E-state index in [9.17, 15) is 23.6 Å². The van der Waals surface area contributed by atoms with Crippen molar-refractivity contribution in [1.29, 1.82) is 0 Å². The van der Waals surface area contributed by atoms with Crippen molar-refractivity contribution >= 4 is 23.7 Å². The summed E-state index contributed by atoms with van der Waals surface area (Å²) in [6.45, 7) is 1.71. The van der Waals surface area contributed by atoms with Crippen LogP contribution in [-0.2, 0) is 25.7 Å². The second-order valence-corrected chi connectivity index (χ2v) is 8.89. The number of nitrogens with one attached hydrogen (secondary N) is 1. The molecular weight excluding hydrogens is 441 g/mol. The number of esters is 1. The maximum Gasteiger partial charge on any atom is 0.326 e. The fourth-order valence-electron chi connectivity index (χ4n) is 5.00. The monoisotopic (exact) mass is 467 g/mol. The molecule has 2 aromatic carbocycles. The van der Waals surface area contributed by atoms with Crippen LogP contribution in [0.25, 0.3) is 0 Å². The first-order valence-electron chi connectivity index (χ1n) is 10.9. The summed E-state index contributed by atoms with van der Waals surface area (Å²) >= 11 is 0. The van der Waals surface area contributed by atoms with Crippen LogP contribution < -0.4 is 5.32 Å². The van der Waals surface area contributed by atoms with Gasteiger partial charge in [0.1, 0.15) is 11.4 Å². The van der Waals surface area contributed by atoms with E-state index in [0.29, 0.717) is 0 Å². The Kier molecular flexibility index (Phi) is 6.22. The molecule has 34 heavy (non-hydrogen) atoms. The van der Waals surface area contributed by atoms with Gasteiger partial charge in [-0.25, -0.2) is 4.39 Å². The molecule has 8 nitrogen and oxygen atoms in total. The van der Waals surface area contributed by atoms with Crippen LogP contribution in [0.3, 0.4) is 0 Å². The van der Waals surface area contributed by atoms with Gasteiger partial charge in [-0.15, -0.1) is 0 Å². The number of amides is 3. The molecule has 2 aliphatic rings. The van der Waals surface area contributed by atoms with Crippen molar-refractivity contribution in [3.05, 3.63) is 71.5 Å². The largest absolute Gasteiger partial charge is 0.468 e. The smallest absolute Gasteiger partial charge is 0.326 e. The normalized spacial score (nSPS) is 25.9. The standard InChI is InChI=1S/C25H26FN3O5/c1-25(24(33)34-3)20-19(22(31)29(23(20)32)13-15-7-5-4-6-8-15)18(27-25)14-28(2)21(30)16-9-11-17(26)12-10-16/h4-12,18-20,27H,13-14H2,1-3H3/t18-,19+,20-,25-/m1/s1. The number of nitrogens with zero attached hydrogens (tertiary/aromatic N) is 2. The molecule has 2 saturated heterocycles. The topological polar surface area (TPSA) is 96.0 Å². The summed E-state index contributed by atoms with van der Waals surface area (Å²) in [5.41, 5.74) is -0.354. The molecule has 2 aliphatic heterocycles. The number of benzene rings is 2. The van der Waals surface area contributed by atoms with Crippen molar-refractivity contribution in [1.82, 2.24) is 15.1 Å². The molecule has 1 N–H and O–H groups in total. The molecule has 2 heterocycles. The highest BCUT2D eigenvalue weighted by molar-refractivity contribution is 6.09. The number of hydrogen-bond donors (Lipinski definition) is 1. The molecular formula is C25H26FN3O5. The number of carbonyl (C=O) groups excluding carboxylic acids is 4. The molecule has 0 spiro atoms. The lowest BCUT2D eigenvalue weighted by Crippen LogP contribution is -2.56. The summed E-state index contributed by atoms with van der Waals surface area (Å²) in [5, 5.41) is 3.11. The van der Waals surface area contributed by atoms with Gasteiger partial charge >= 0.3 is 5.97 Å². The van der Waals surface area contributed by atoms with E-state index in [1.807, 2.05) is 30.3 Å². The molecule has 178 valence electrons. The quantitative estimate of drug-likeness (QED) is 0.512. The Morgan fingerprint density at radius 1 is 1.09 bits per heavy atom. The number of imide groups is 1. The molecule has 0 saturated carbocycles. The Morgan fingerprint density at radius 3 is 2.35 bits per heavy atom. The van der Waals surface area contributed by atoms with E-state index in [2.05, 4.69) is 5.32 Å². The fraction of sp³-hybridized carbons (Fsp3) is 0.360. The predicted molar refractivity (Wildman–Crippen MR) is 120 cm³/mol. The van der Waals surface area contributed by atoms with Gasteiger partial charge in [0.25, 0.3) is 5.91 Å². The first-order chi connectivity index (χ1) is 16.2. The summed E-state index contributed by atoms with van der Waals surface area (Å²) in [7, 11) is 2.78. The van der Waals surface area contributed by atoms with Crippen molar-refractivity contribution in [3.63, 3.8) is 0 Å². The third-order valence-corrected chi connectivity index (χ3v) is 6.68. The van der Waals surface area contributed by atoms with Crippen LogP contribution in [0.1, 0.15) is 22.8 Å². The van der Waals surface area contributed by atoms with Crippen molar-refractivity contribution in [2.75, 3.05) is 20.7 Å². The van der Waals surface area contributed by atoms with E-state index in [4.69, 9.17) is 4.74 Å². The zero-order valence-corrected chi connectivity index (χ0v) is 19.2. The molecule has 3 amide bonds. The molecule has 0 aromatic heterocycles. The summed E-state index contributed by atoms with van der Waals surface area (Å²) < 4.78 is 18.2. The number of fused-ring (bicyclic) bond motifs is 1. The van der Waals surface area contributed by atoms with Gasteiger partial charge in [-0.3, -0.25) is 29.4 Å². The minimum absolute atomic E-state index is 0.0577. The van der Waals surface area contributed by atoms with Crippen LogP contribution in [0.2, 0.25) is 0 Å². The SMILES string of the molecule is COC(=O)[C@]1(C)N[C@H](CN(C)C(=O)c2ccc(F)cc2)[C@@H]2C(=O)N(Cc3ccccc3)C(=O)[C@@H]21. The van der Waals surface area contributed by atoms with Crippen molar-refractivity contribution in [2.45, 2.75) is 25.0 Å². The second kappa shape index (κ2) is 8.98. The Labute approximate surface area is 196 Å². The molecule has 0 unspecified atom stereocenters. The van der Waals surface area contributed by atoms with Gasteiger partial charge in [0.05, 0.1) is 25.5 Å². The van der Waals surface area contributed by atoms with Crippen molar-refractivity contribution < 1.29 is 28.3 Å². The molecule has 4 rings (SSSR count). The molecule has 9 heteroatoms. The first-order valence-corrected chi connectivity index (χ1v) is 10.9. The molecule has 0 bridgehead atoms. The van der Waals surface area contributed by atoms with Crippen LogP contribution in [0.15, 0.2) is 54.6 Å². The Balaban J connectivity index is 1.61. The van der Waals surface area contributed by atoms with E-state index >= 15 is 0 Å². The van der Waals surface area contributed by atoms with Crippen LogP contribution in [-0.4, -0.2) is 65.8 Å². The first kappa shape index (κ1) is 23.6. The fourth-order valence-corrected chi connectivity index (χ4v) is 5.00. The lowest BCUT2D eigenvalue weighted by molar-refractivity contribution is -0.153. The van der Waals surface area contributed by atoms with Gasteiger partial charge in [-0.2, -0.15) is 0 Å². The molecule has 0 aliphatic carbocycles. The summed E-state index contributed by atoms with van der Waals surface area (Å²) in [6, 6.07) is 13.6. The van der Waals surface area contributed by atoms with E-state index in [1.54, 1.807) is 14.0 Å². The number of rotatable bonds is 6. The predicted octanol–water partition coefficient (Wildman–Crippen LogP) is 1.60. The van der Waals surface area contributed by atoms with Crippen molar-refractivity contribution in [3.8, 4) is 0 Å². The molecule has 0 radical (unpaired) electrons. The zero-order valence-electron chi connectivity index (χ0n) is 19.2. The summed E-state index contributed by atoms with van der Waals surface area (Å²) in [5.74, 6) is -4.13. The highest BCUT2D eigenvalue weighted by Crippen LogP contribution is 2.44. The highest BCUT2D eigenvalue weighted by atomic mass is 19.1. The number of ether oxygens (including phenoxy) is 1. The number of methoxy groups -OCH3 is 1. The maximum atomic E-state index is 13.4. The molecule has 2 fully saturated rings. The van der Waals surface area contributed by atoms with Gasteiger partial charge in [-0.1, -0.05) is 30.3 Å². The highest BCUT2D eigenvalue weighted by Gasteiger charge is 2.66. The number of likely N-dealkylation sites (tertiary alicyclic amines) is 1. The maximum absolute atomic E-state index is 13.4.